The molecule has 1 aromatic carbocycles. The predicted molar refractivity (Wildman–Crippen MR) is 56.1 cm³/mol. The van der Waals surface area contributed by atoms with Gasteiger partial charge in [-0.25, -0.2) is 0 Å². The Bertz CT molecular complexity index is 324. The Labute approximate surface area is 80.2 Å². The molecule has 1 aromatic rings. The predicted octanol–water partition coefficient (Wildman–Crippen LogP) is 2.16. The Morgan fingerprint density at radius 2 is 1.92 bits per heavy atom. The van der Waals surface area contributed by atoms with Crippen molar-refractivity contribution in [3.8, 4) is 0 Å². The van der Waals surface area contributed by atoms with Gasteiger partial charge in [0.05, 0.1) is 0 Å². The second-order valence-electron chi connectivity index (χ2n) is 4.41. The second kappa shape index (κ2) is 2.85. The summed E-state index contributed by atoms with van der Waals surface area (Å²) >= 11 is 0. The van der Waals surface area contributed by atoms with Gasteiger partial charge in [-0.3, -0.25) is 0 Å². The molecule has 1 nitrogen and oxygen atoms in total. The van der Waals surface area contributed by atoms with Gasteiger partial charge in [-0.1, -0.05) is 25.1 Å². The lowest BCUT2D eigenvalue weighted by Gasteiger charge is -2.41. The van der Waals surface area contributed by atoms with Crippen molar-refractivity contribution in [1.82, 2.24) is 5.32 Å². The van der Waals surface area contributed by atoms with Crippen LogP contribution in [0.2, 0.25) is 0 Å². The molecule has 1 N–H and O–H groups in total. The molecule has 1 fully saturated rings. The number of hydrogen-bond acceptors (Lipinski definition) is 1. The largest absolute Gasteiger partial charge is 0.315 e. The fraction of sp³-hybridized carbons (Fsp3) is 0.500. The zero-order chi connectivity index (χ0) is 9.47. The highest BCUT2D eigenvalue weighted by molar-refractivity contribution is 5.40. The summed E-state index contributed by atoms with van der Waals surface area (Å²) in [4.78, 5) is 0. The van der Waals surface area contributed by atoms with Crippen molar-refractivity contribution in [3.63, 3.8) is 0 Å². The number of nitrogens with one attached hydrogen (secondary N) is 1. The van der Waals surface area contributed by atoms with E-state index < -0.39 is 0 Å². The van der Waals surface area contributed by atoms with Crippen LogP contribution >= 0.6 is 0 Å². The third-order valence-electron chi connectivity index (χ3n) is 3.29. The van der Waals surface area contributed by atoms with Crippen molar-refractivity contribution in [1.29, 1.82) is 0 Å². The van der Waals surface area contributed by atoms with Crippen LogP contribution in [0.1, 0.15) is 23.6 Å². The van der Waals surface area contributed by atoms with E-state index >= 15 is 0 Å². The average Bonchev–Trinajstić information content (AvgIpc) is 2.06. The maximum Gasteiger partial charge on any atom is 0.0177 e. The lowest BCUT2D eigenvalue weighted by atomic mass is 9.75. The van der Waals surface area contributed by atoms with Crippen molar-refractivity contribution in [2.24, 2.45) is 0 Å². The molecule has 0 amide bonds. The van der Waals surface area contributed by atoms with Gasteiger partial charge in [-0.2, -0.15) is 0 Å². The van der Waals surface area contributed by atoms with Gasteiger partial charge in [0.15, 0.2) is 0 Å². The molecular weight excluding hydrogens is 158 g/mol. The number of benzene rings is 1. The van der Waals surface area contributed by atoms with Crippen LogP contribution in [0.5, 0.6) is 0 Å². The van der Waals surface area contributed by atoms with Gasteiger partial charge in [-0.05, 0) is 30.5 Å². The van der Waals surface area contributed by atoms with E-state index in [1.807, 2.05) is 0 Å². The summed E-state index contributed by atoms with van der Waals surface area (Å²) in [7, 11) is 0. The van der Waals surface area contributed by atoms with Crippen molar-refractivity contribution in [2.75, 3.05) is 13.1 Å². The van der Waals surface area contributed by atoms with Gasteiger partial charge in [0, 0.05) is 18.5 Å². The van der Waals surface area contributed by atoms with Crippen molar-refractivity contribution >= 4 is 0 Å². The van der Waals surface area contributed by atoms with E-state index in [0.717, 1.165) is 13.1 Å². The Balaban J connectivity index is 2.45. The minimum atomic E-state index is 0.385. The average molecular weight is 175 g/mol. The maximum atomic E-state index is 3.35. The fourth-order valence-corrected chi connectivity index (χ4v) is 2.10. The van der Waals surface area contributed by atoms with Crippen LogP contribution in [-0.4, -0.2) is 13.1 Å². The lowest BCUT2D eigenvalue weighted by Crippen LogP contribution is -2.55. The first-order valence-corrected chi connectivity index (χ1v) is 4.91. The van der Waals surface area contributed by atoms with Gasteiger partial charge in [0.25, 0.3) is 0 Å². The van der Waals surface area contributed by atoms with Crippen LogP contribution in [0.3, 0.4) is 0 Å². The van der Waals surface area contributed by atoms with Crippen LogP contribution in [0.25, 0.3) is 0 Å². The number of hydrogen-bond donors (Lipinski definition) is 1. The van der Waals surface area contributed by atoms with Gasteiger partial charge in [-0.15, -0.1) is 0 Å². The third-order valence-corrected chi connectivity index (χ3v) is 3.29. The van der Waals surface area contributed by atoms with Crippen molar-refractivity contribution in [2.45, 2.75) is 26.2 Å². The van der Waals surface area contributed by atoms with Crippen LogP contribution in [0.15, 0.2) is 18.2 Å². The molecule has 70 valence electrons. The summed E-state index contributed by atoms with van der Waals surface area (Å²) in [5.74, 6) is 0. The molecule has 0 atom stereocenters. The van der Waals surface area contributed by atoms with Crippen molar-refractivity contribution in [3.05, 3.63) is 34.9 Å². The second-order valence-corrected chi connectivity index (χ2v) is 4.41. The van der Waals surface area contributed by atoms with E-state index in [9.17, 15) is 0 Å². The Morgan fingerprint density at radius 1 is 1.23 bits per heavy atom. The van der Waals surface area contributed by atoms with E-state index in [1.165, 1.54) is 16.7 Å². The molecular formula is C12H17N. The zero-order valence-corrected chi connectivity index (χ0v) is 8.65. The molecule has 1 heteroatoms. The molecule has 0 aromatic heterocycles. The summed E-state index contributed by atoms with van der Waals surface area (Å²) in [6.45, 7) is 9.00. The van der Waals surface area contributed by atoms with Crippen LogP contribution < -0.4 is 5.32 Å². The van der Waals surface area contributed by atoms with Gasteiger partial charge >= 0.3 is 0 Å². The molecule has 1 aliphatic rings. The topological polar surface area (TPSA) is 12.0 Å². The SMILES string of the molecule is Cc1cccc(C2(C)CNC2)c1C. The molecule has 1 saturated heterocycles. The first-order valence-electron chi connectivity index (χ1n) is 4.91. The normalized spacial score (nSPS) is 19.6. The van der Waals surface area contributed by atoms with E-state index in [2.05, 4.69) is 44.3 Å². The number of rotatable bonds is 1. The van der Waals surface area contributed by atoms with E-state index in [-0.39, 0.29) is 0 Å². The molecule has 0 radical (unpaired) electrons. The van der Waals surface area contributed by atoms with Crippen LogP contribution in [-0.2, 0) is 5.41 Å². The fourth-order valence-electron chi connectivity index (χ4n) is 2.10. The summed E-state index contributed by atoms with van der Waals surface area (Å²) in [6, 6.07) is 6.62. The quantitative estimate of drug-likeness (QED) is 0.689. The lowest BCUT2D eigenvalue weighted by molar-refractivity contribution is 0.304. The Kier molecular flexibility index (Phi) is 1.92. The highest BCUT2D eigenvalue weighted by Crippen LogP contribution is 2.31. The monoisotopic (exact) mass is 175 g/mol. The van der Waals surface area contributed by atoms with E-state index in [1.54, 1.807) is 0 Å². The Hall–Kier alpha value is -0.820. The summed E-state index contributed by atoms with van der Waals surface area (Å²) in [6.07, 6.45) is 0. The Morgan fingerprint density at radius 3 is 2.46 bits per heavy atom. The minimum Gasteiger partial charge on any atom is -0.315 e. The first kappa shape index (κ1) is 8.76. The highest BCUT2D eigenvalue weighted by atomic mass is 15.0. The highest BCUT2D eigenvalue weighted by Gasteiger charge is 2.34. The molecule has 1 heterocycles. The van der Waals surface area contributed by atoms with Crippen LogP contribution in [0.4, 0.5) is 0 Å². The molecule has 0 spiro atoms. The molecule has 0 bridgehead atoms. The van der Waals surface area contributed by atoms with Gasteiger partial charge < -0.3 is 5.32 Å². The molecule has 2 rings (SSSR count). The number of aryl methyl sites for hydroxylation is 1. The standard InChI is InChI=1S/C12H17N/c1-9-5-4-6-11(10(9)2)12(3)7-13-8-12/h4-6,13H,7-8H2,1-3H3. The van der Waals surface area contributed by atoms with Crippen molar-refractivity contribution < 1.29 is 0 Å². The van der Waals surface area contributed by atoms with E-state index in [0.29, 0.717) is 5.41 Å². The molecule has 0 saturated carbocycles. The smallest absolute Gasteiger partial charge is 0.0177 e. The molecule has 0 unspecified atom stereocenters. The maximum absolute atomic E-state index is 3.35. The van der Waals surface area contributed by atoms with Gasteiger partial charge in [0.2, 0.25) is 0 Å². The summed E-state index contributed by atoms with van der Waals surface area (Å²) in [5, 5.41) is 3.35. The summed E-state index contributed by atoms with van der Waals surface area (Å²) < 4.78 is 0. The van der Waals surface area contributed by atoms with Gasteiger partial charge in [0.1, 0.15) is 0 Å². The third kappa shape index (κ3) is 1.28. The zero-order valence-electron chi connectivity index (χ0n) is 8.65. The van der Waals surface area contributed by atoms with Crippen LogP contribution in [0, 0.1) is 13.8 Å². The minimum absolute atomic E-state index is 0.385. The molecule has 13 heavy (non-hydrogen) atoms. The summed E-state index contributed by atoms with van der Waals surface area (Å²) in [5.41, 5.74) is 4.78. The molecule has 0 aliphatic carbocycles. The van der Waals surface area contributed by atoms with E-state index in [4.69, 9.17) is 0 Å². The molecule has 1 aliphatic heterocycles. The first-order chi connectivity index (χ1) is 6.13.